The van der Waals surface area contributed by atoms with Gasteiger partial charge in [0.2, 0.25) is 11.8 Å². The van der Waals surface area contributed by atoms with E-state index in [0.29, 0.717) is 19.4 Å². The van der Waals surface area contributed by atoms with Gasteiger partial charge in [0.25, 0.3) is 0 Å². The third-order valence-electron chi connectivity index (χ3n) is 3.55. The second kappa shape index (κ2) is 4.35. The number of hydrogen-bond acceptors (Lipinski definition) is 3. The van der Waals surface area contributed by atoms with Gasteiger partial charge < -0.3 is 14.9 Å². The van der Waals surface area contributed by atoms with Gasteiger partial charge >= 0.3 is 5.97 Å². The van der Waals surface area contributed by atoms with E-state index in [0.717, 1.165) is 0 Å². The van der Waals surface area contributed by atoms with E-state index >= 15 is 0 Å². The average molecular weight is 240 g/mol. The summed E-state index contributed by atoms with van der Waals surface area (Å²) in [6.45, 7) is 0.789. The minimum Gasteiger partial charge on any atom is -0.481 e. The summed E-state index contributed by atoms with van der Waals surface area (Å²) in [5, 5.41) is 8.90. The van der Waals surface area contributed by atoms with Crippen LogP contribution in [0.4, 0.5) is 0 Å². The fraction of sp³-hybridized carbons (Fsp3) is 0.727. The van der Waals surface area contributed by atoms with Gasteiger partial charge in [-0.25, -0.2) is 0 Å². The molecule has 0 bridgehead atoms. The van der Waals surface area contributed by atoms with E-state index in [1.165, 1.54) is 0 Å². The average Bonchev–Trinajstić information content (AvgIpc) is 2.65. The minimum atomic E-state index is -0.916. The van der Waals surface area contributed by atoms with Crippen LogP contribution in [0.2, 0.25) is 0 Å². The first kappa shape index (κ1) is 11.9. The van der Waals surface area contributed by atoms with Crippen LogP contribution < -0.4 is 0 Å². The number of hydrogen-bond donors (Lipinski definition) is 1. The van der Waals surface area contributed by atoms with Gasteiger partial charge in [-0.05, 0) is 6.42 Å². The van der Waals surface area contributed by atoms with Crippen molar-refractivity contribution >= 4 is 17.8 Å². The first-order chi connectivity index (χ1) is 7.99. The van der Waals surface area contributed by atoms with Crippen LogP contribution in [0.25, 0.3) is 0 Å². The maximum Gasteiger partial charge on any atom is 0.308 e. The maximum atomic E-state index is 11.7. The molecule has 0 saturated carbocycles. The van der Waals surface area contributed by atoms with Gasteiger partial charge in [-0.2, -0.15) is 0 Å². The number of likely N-dealkylation sites (tertiary alicyclic amines) is 2. The number of aliphatic carboxylic acids is 1. The number of amides is 2. The largest absolute Gasteiger partial charge is 0.481 e. The highest BCUT2D eigenvalue weighted by Gasteiger charge is 2.39. The summed E-state index contributed by atoms with van der Waals surface area (Å²) in [5.74, 6) is -1.53. The van der Waals surface area contributed by atoms with Crippen molar-refractivity contribution in [2.75, 3.05) is 20.1 Å². The quantitative estimate of drug-likeness (QED) is 0.708. The van der Waals surface area contributed by atoms with Gasteiger partial charge in [0.1, 0.15) is 0 Å². The molecule has 0 aromatic heterocycles. The molecule has 2 fully saturated rings. The molecule has 2 atom stereocenters. The predicted octanol–water partition coefficient (Wildman–Crippen LogP) is -0.460. The summed E-state index contributed by atoms with van der Waals surface area (Å²) in [5.41, 5.74) is 0. The summed E-state index contributed by atoms with van der Waals surface area (Å²) in [6, 6.07) is -0.0189. The summed E-state index contributed by atoms with van der Waals surface area (Å²) >= 11 is 0. The Kier molecular flexibility index (Phi) is 3.04. The predicted molar refractivity (Wildman–Crippen MR) is 58.1 cm³/mol. The number of carbonyl (C=O) groups is 3. The second-order valence-corrected chi connectivity index (χ2v) is 4.75. The molecule has 2 saturated heterocycles. The minimum absolute atomic E-state index is 0.0189. The Hall–Kier alpha value is -1.59. The summed E-state index contributed by atoms with van der Waals surface area (Å²) in [4.78, 5) is 37.2. The standard InChI is InChI=1S/C11H16N2O4/c1-12-6-8(2-3-9(12)14)13-5-7(11(16)17)4-10(13)15/h7-8H,2-6H2,1H3,(H,16,17). The Labute approximate surface area is 99.2 Å². The van der Waals surface area contributed by atoms with E-state index in [2.05, 4.69) is 0 Å². The molecule has 2 rings (SSSR count). The number of likely N-dealkylation sites (N-methyl/N-ethyl adjacent to an activating group) is 1. The zero-order valence-corrected chi connectivity index (χ0v) is 9.76. The van der Waals surface area contributed by atoms with Crippen LogP contribution in [0.5, 0.6) is 0 Å². The van der Waals surface area contributed by atoms with Crippen molar-refractivity contribution in [2.45, 2.75) is 25.3 Å². The van der Waals surface area contributed by atoms with E-state index < -0.39 is 11.9 Å². The lowest BCUT2D eigenvalue weighted by Crippen LogP contribution is -2.49. The smallest absolute Gasteiger partial charge is 0.308 e. The first-order valence-electron chi connectivity index (χ1n) is 5.75. The van der Waals surface area contributed by atoms with Crippen molar-refractivity contribution < 1.29 is 19.5 Å². The van der Waals surface area contributed by atoms with Gasteiger partial charge in [0.05, 0.1) is 5.92 Å². The summed E-state index contributed by atoms with van der Waals surface area (Å²) in [7, 11) is 1.71. The van der Waals surface area contributed by atoms with Gasteiger partial charge in [-0.15, -0.1) is 0 Å². The fourth-order valence-electron chi connectivity index (χ4n) is 2.49. The van der Waals surface area contributed by atoms with E-state index in [1.54, 1.807) is 16.8 Å². The molecule has 0 aromatic carbocycles. The molecule has 17 heavy (non-hydrogen) atoms. The molecular formula is C11H16N2O4. The van der Waals surface area contributed by atoms with Crippen LogP contribution in [-0.4, -0.2) is 58.9 Å². The fourth-order valence-corrected chi connectivity index (χ4v) is 2.49. The van der Waals surface area contributed by atoms with Gasteiger partial charge in [0, 0.05) is 39.0 Å². The highest BCUT2D eigenvalue weighted by molar-refractivity contribution is 5.86. The van der Waals surface area contributed by atoms with Gasteiger partial charge in [-0.3, -0.25) is 14.4 Å². The van der Waals surface area contributed by atoms with Crippen molar-refractivity contribution in [3.05, 3.63) is 0 Å². The monoisotopic (exact) mass is 240 g/mol. The molecule has 94 valence electrons. The molecular weight excluding hydrogens is 224 g/mol. The topological polar surface area (TPSA) is 77.9 Å². The van der Waals surface area contributed by atoms with Crippen molar-refractivity contribution in [2.24, 2.45) is 5.92 Å². The molecule has 2 aliphatic rings. The Morgan fingerprint density at radius 3 is 2.53 bits per heavy atom. The highest BCUT2D eigenvalue weighted by atomic mass is 16.4. The van der Waals surface area contributed by atoms with E-state index in [-0.39, 0.29) is 30.8 Å². The molecule has 0 radical (unpaired) electrons. The van der Waals surface area contributed by atoms with Crippen LogP contribution in [-0.2, 0) is 14.4 Å². The lowest BCUT2D eigenvalue weighted by molar-refractivity contribution is -0.141. The number of carboxylic acids is 1. The molecule has 0 aliphatic carbocycles. The molecule has 2 heterocycles. The SMILES string of the molecule is CN1CC(N2CC(C(=O)O)CC2=O)CCC1=O. The summed E-state index contributed by atoms with van der Waals surface area (Å²) in [6.07, 6.45) is 1.16. The van der Waals surface area contributed by atoms with Crippen molar-refractivity contribution in [1.82, 2.24) is 9.80 Å². The van der Waals surface area contributed by atoms with E-state index in [9.17, 15) is 14.4 Å². The zero-order chi connectivity index (χ0) is 12.6. The van der Waals surface area contributed by atoms with Gasteiger partial charge in [-0.1, -0.05) is 0 Å². The Morgan fingerprint density at radius 2 is 2.00 bits per heavy atom. The lowest BCUT2D eigenvalue weighted by Gasteiger charge is -2.35. The number of carboxylic acid groups (broad SMARTS) is 1. The van der Waals surface area contributed by atoms with Crippen LogP contribution in [0.3, 0.4) is 0 Å². The number of nitrogens with zero attached hydrogens (tertiary/aromatic N) is 2. The Balaban J connectivity index is 2.01. The second-order valence-electron chi connectivity index (χ2n) is 4.75. The van der Waals surface area contributed by atoms with E-state index in [4.69, 9.17) is 5.11 Å². The molecule has 2 aliphatic heterocycles. The number of piperidine rings is 1. The number of rotatable bonds is 2. The first-order valence-corrected chi connectivity index (χ1v) is 5.75. The zero-order valence-electron chi connectivity index (χ0n) is 9.76. The third kappa shape index (κ3) is 2.25. The molecule has 2 unspecified atom stereocenters. The van der Waals surface area contributed by atoms with Crippen molar-refractivity contribution in [3.8, 4) is 0 Å². The molecule has 0 spiro atoms. The molecule has 6 nitrogen and oxygen atoms in total. The highest BCUT2D eigenvalue weighted by Crippen LogP contribution is 2.24. The van der Waals surface area contributed by atoms with Gasteiger partial charge in [0.15, 0.2) is 0 Å². The Bertz CT molecular complexity index is 368. The van der Waals surface area contributed by atoms with Crippen LogP contribution >= 0.6 is 0 Å². The van der Waals surface area contributed by atoms with E-state index in [1.807, 2.05) is 0 Å². The van der Waals surface area contributed by atoms with Crippen LogP contribution in [0.15, 0.2) is 0 Å². The summed E-state index contributed by atoms with van der Waals surface area (Å²) < 4.78 is 0. The molecule has 0 aromatic rings. The molecule has 1 N–H and O–H groups in total. The van der Waals surface area contributed by atoms with Crippen LogP contribution in [0.1, 0.15) is 19.3 Å². The number of carbonyl (C=O) groups excluding carboxylic acids is 2. The molecule has 6 heteroatoms. The van der Waals surface area contributed by atoms with Crippen LogP contribution in [0, 0.1) is 5.92 Å². The van der Waals surface area contributed by atoms with Crippen molar-refractivity contribution in [3.63, 3.8) is 0 Å². The maximum absolute atomic E-state index is 11.7. The van der Waals surface area contributed by atoms with Crippen molar-refractivity contribution in [1.29, 1.82) is 0 Å². The lowest BCUT2D eigenvalue weighted by atomic mass is 10.0. The third-order valence-corrected chi connectivity index (χ3v) is 3.55. The molecule has 2 amide bonds. The normalized spacial score (nSPS) is 29.9. The Morgan fingerprint density at radius 1 is 1.29 bits per heavy atom.